The molecule has 2 aromatic heterocycles. The first-order chi connectivity index (χ1) is 14.0. The van der Waals surface area contributed by atoms with Gasteiger partial charge in [0, 0.05) is 5.56 Å². The molecule has 0 saturated carbocycles. The maximum absolute atomic E-state index is 13.2. The topological polar surface area (TPSA) is 105 Å². The highest BCUT2D eigenvalue weighted by Crippen LogP contribution is 2.26. The molecule has 2 N–H and O–H groups in total. The third kappa shape index (κ3) is 3.33. The van der Waals surface area contributed by atoms with Crippen molar-refractivity contribution in [2.24, 2.45) is 5.73 Å². The lowest BCUT2D eigenvalue weighted by Crippen LogP contribution is -2.25. The molecule has 0 aliphatic heterocycles. The molecular formula is C20H19N5O3S. The van der Waals surface area contributed by atoms with Gasteiger partial charge in [-0.3, -0.25) is 18.6 Å². The molecule has 0 radical (unpaired) electrons. The number of hydrogen-bond acceptors (Lipinski definition) is 6. The van der Waals surface area contributed by atoms with Crippen molar-refractivity contribution in [1.82, 2.24) is 19.2 Å². The first kappa shape index (κ1) is 19.0. The molecule has 2 aromatic carbocycles. The van der Waals surface area contributed by atoms with Gasteiger partial charge in [-0.05, 0) is 25.1 Å². The number of benzene rings is 2. The van der Waals surface area contributed by atoms with E-state index < -0.39 is 11.2 Å². The molecule has 0 aliphatic rings. The van der Waals surface area contributed by atoms with Gasteiger partial charge in [-0.2, -0.15) is 0 Å². The number of ether oxygens (including phenoxy) is 1. The Labute approximate surface area is 170 Å². The van der Waals surface area contributed by atoms with Crippen molar-refractivity contribution in [2.45, 2.75) is 23.9 Å². The number of nitrogens with zero attached hydrogens (tertiary/aromatic N) is 4. The summed E-state index contributed by atoms with van der Waals surface area (Å²) in [6.07, 6.45) is 0. The van der Waals surface area contributed by atoms with Crippen LogP contribution in [-0.2, 0) is 11.3 Å². The van der Waals surface area contributed by atoms with Gasteiger partial charge in [0.15, 0.2) is 5.16 Å². The molecule has 1 amide bonds. The fourth-order valence-corrected chi connectivity index (χ4v) is 3.98. The van der Waals surface area contributed by atoms with Gasteiger partial charge in [-0.15, -0.1) is 10.2 Å². The van der Waals surface area contributed by atoms with E-state index in [1.165, 1.54) is 11.8 Å². The summed E-state index contributed by atoms with van der Waals surface area (Å²) in [7, 11) is 1.59. The average molecular weight is 409 g/mol. The second kappa shape index (κ2) is 7.59. The van der Waals surface area contributed by atoms with Crippen LogP contribution in [-0.4, -0.2) is 37.4 Å². The zero-order chi connectivity index (χ0) is 20.5. The normalized spacial score (nSPS) is 12.3. The third-order valence-electron chi connectivity index (χ3n) is 4.68. The molecule has 4 rings (SSSR count). The van der Waals surface area contributed by atoms with Crippen LogP contribution in [0.15, 0.2) is 58.5 Å². The zero-order valence-electron chi connectivity index (χ0n) is 15.9. The van der Waals surface area contributed by atoms with E-state index in [2.05, 4.69) is 10.2 Å². The minimum absolute atomic E-state index is 0.175. The number of thioether (sulfide) groups is 1. The van der Waals surface area contributed by atoms with E-state index in [1.54, 1.807) is 29.1 Å². The second-order valence-corrected chi connectivity index (χ2v) is 7.81. The number of carbonyl (C=O) groups excluding carboxylic acids is 1. The Morgan fingerprint density at radius 1 is 1.17 bits per heavy atom. The number of fused-ring (bicyclic) bond motifs is 3. The lowest BCUT2D eigenvalue weighted by Gasteiger charge is -2.13. The number of hydrogen-bond donors (Lipinski definition) is 1. The van der Waals surface area contributed by atoms with Crippen molar-refractivity contribution >= 4 is 34.3 Å². The molecule has 0 saturated heterocycles. The van der Waals surface area contributed by atoms with E-state index in [1.807, 2.05) is 42.5 Å². The number of nitrogens with two attached hydrogens (primary N) is 1. The van der Waals surface area contributed by atoms with Crippen LogP contribution in [0.25, 0.3) is 16.7 Å². The number of amides is 1. The molecule has 0 aliphatic carbocycles. The van der Waals surface area contributed by atoms with Crippen molar-refractivity contribution in [2.75, 3.05) is 7.11 Å². The standard InChI is InChI=1S/C20H19N5O3S/c1-12(17(21)26)29-20-23-22-19-24(11-13-7-3-6-10-16(13)28-2)18(27)14-8-4-5-9-15(14)25(19)20/h3-10,12H,11H2,1-2H3,(H2,21,26)/t12-/m1/s1. The lowest BCUT2D eigenvalue weighted by atomic mass is 10.2. The lowest BCUT2D eigenvalue weighted by molar-refractivity contribution is -0.117. The first-order valence-electron chi connectivity index (χ1n) is 8.95. The quantitative estimate of drug-likeness (QED) is 0.489. The molecule has 2 heterocycles. The fourth-order valence-electron chi connectivity index (χ4n) is 3.17. The minimum atomic E-state index is -0.490. The summed E-state index contributed by atoms with van der Waals surface area (Å²) in [4.78, 5) is 24.8. The van der Waals surface area contributed by atoms with Crippen LogP contribution in [0.2, 0.25) is 0 Å². The Hall–Kier alpha value is -3.33. The molecule has 29 heavy (non-hydrogen) atoms. The summed E-state index contributed by atoms with van der Waals surface area (Å²) in [6, 6.07) is 14.8. The number of methoxy groups -OCH3 is 1. The monoisotopic (exact) mass is 409 g/mol. The molecule has 0 spiro atoms. The van der Waals surface area contributed by atoms with Crippen LogP contribution in [0.3, 0.4) is 0 Å². The molecule has 0 bridgehead atoms. The van der Waals surface area contributed by atoms with E-state index in [0.717, 1.165) is 5.56 Å². The molecule has 8 nitrogen and oxygen atoms in total. The largest absolute Gasteiger partial charge is 0.496 e. The van der Waals surface area contributed by atoms with Gasteiger partial charge in [0.05, 0.1) is 29.8 Å². The number of para-hydroxylation sites is 2. The predicted molar refractivity (Wildman–Crippen MR) is 111 cm³/mol. The molecule has 4 aromatic rings. The zero-order valence-corrected chi connectivity index (χ0v) is 16.7. The van der Waals surface area contributed by atoms with Crippen LogP contribution in [0.1, 0.15) is 12.5 Å². The van der Waals surface area contributed by atoms with Gasteiger partial charge in [0.1, 0.15) is 5.75 Å². The van der Waals surface area contributed by atoms with E-state index in [9.17, 15) is 9.59 Å². The van der Waals surface area contributed by atoms with E-state index in [4.69, 9.17) is 10.5 Å². The highest BCUT2D eigenvalue weighted by molar-refractivity contribution is 8.00. The van der Waals surface area contributed by atoms with Crippen LogP contribution < -0.4 is 16.0 Å². The first-order valence-corrected chi connectivity index (χ1v) is 9.83. The molecule has 1 atom stereocenters. The van der Waals surface area contributed by atoms with Gasteiger partial charge < -0.3 is 10.5 Å². The Morgan fingerprint density at radius 3 is 2.66 bits per heavy atom. The van der Waals surface area contributed by atoms with E-state index in [0.29, 0.717) is 27.6 Å². The maximum atomic E-state index is 13.2. The second-order valence-electron chi connectivity index (χ2n) is 6.50. The Bertz CT molecular complexity index is 1280. The summed E-state index contributed by atoms with van der Waals surface area (Å²) >= 11 is 1.21. The summed E-state index contributed by atoms with van der Waals surface area (Å²) in [5.41, 5.74) is 6.75. The smallest absolute Gasteiger partial charge is 0.263 e. The van der Waals surface area contributed by atoms with Crippen molar-refractivity contribution in [3.8, 4) is 5.75 Å². The van der Waals surface area contributed by atoms with Crippen molar-refractivity contribution in [3.05, 3.63) is 64.4 Å². The molecular weight excluding hydrogens is 390 g/mol. The summed E-state index contributed by atoms with van der Waals surface area (Å²) in [6.45, 7) is 1.98. The Morgan fingerprint density at radius 2 is 1.90 bits per heavy atom. The van der Waals surface area contributed by atoms with Gasteiger partial charge in [0.2, 0.25) is 11.7 Å². The van der Waals surface area contributed by atoms with E-state index in [-0.39, 0.29) is 12.1 Å². The summed E-state index contributed by atoms with van der Waals surface area (Å²) in [5.74, 6) is 0.624. The summed E-state index contributed by atoms with van der Waals surface area (Å²) < 4.78 is 8.78. The Kier molecular flexibility index (Phi) is 4.98. The SMILES string of the molecule is COc1ccccc1Cn1c(=O)c2ccccc2n2c(S[C@H](C)C(N)=O)nnc12. The number of primary amides is 1. The van der Waals surface area contributed by atoms with Crippen LogP contribution in [0, 0.1) is 0 Å². The van der Waals surface area contributed by atoms with Crippen molar-refractivity contribution in [1.29, 1.82) is 0 Å². The van der Waals surface area contributed by atoms with Crippen molar-refractivity contribution < 1.29 is 9.53 Å². The molecule has 0 unspecified atom stereocenters. The Balaban J connectivity index is 1.97. The maximum Gasteiger partial charge on any atom is 0.263 e. The van der Waals surface area contributed by atoms with Crippen LogP contribution >= 0.6 is 11.8 Å². The average Bonchev–Trinajstić information content (AvgIpc) is 3.14. The number of carbonyl (C=O) groups is 1. The highest BCUT2D eigenvalue weighted by atomic mass is 32.2. The van der Waals surface area contributed by atoms with Gasteiger partial charge in [-0.1, -0.05) is 42.1 Å². The highest BCUT2D eigenvalue weighted by Gasteiger charge is 2.20. The molecule has 0 fully saturated rings. The van der Waals surface area contributed by atoms with Crippen LogP contribution in [0.5, 0.6) is 5.75 Å². The number of rotatable bonds is 6. The molecule has 148 valence electrons. The predicted octanol–water partition coefficient (Wildman–Crippen LogP) is 2.07. The van der Waals surface area contributed by atoms with Crippen molar-refractivity contribution in [3.63, 3.8) is 0 Å². The van der Waals surface area contributed by atoms with Gasteiger partial charge in [0.25, 0.3) is 5.56 Å². The molecule has 9 heteroatoms. The summed E-state index contributed by atoms with van der Waals surface area (Å²) in [5, 5.41) is 9.02. The van der Waals surface area contributed by atoms with Gasteiger partial charge in [-0.25, -0.2) is 0 Å². The van der Waals surface area contributed by atoms with Crippen LogP contribution in [0.4, 0.5) is 0 Å². The van der Waals surface area contributed by atoms with E-state index >= 15 is 0 Å². The minimum Gasteiger partial charge on any atom is -0.496 e. The third-order valence-corrected chi connectivity index (χ3v) is 5.74. The number of aromatic nitrogens is 4. The van der Waals surface area contributed by atoms with Gasteiger partial charge >= 0.3 is 0 Å². The fraction of sp³-hybridized carbons (Fsp3) is 0.200.